The number of para-hydroxylation sites is 1. The number of rotatable bonds is 6. The van der Waals surface area contributed by atoms with Crippen LogP contribution in [0.3, 0.4) is 0 Å². The van der Waals surface area contributed by atoms with E-state index in [2.05, 4.69) is 32.8 Å². The standard InChI is InChI=1S/C21H25N5O2/c1-23(12-13-25-11-8-17-6-2-3-7-19(17)25)21(28)16-26-20(27)14-18(15-22-26)24-9-4-5-10-24/h2-3,6-8,11,14-15H,4-5,9-10,12-13,16H2,1H3. The van der Waals surface area contributed by atoms with E-state index < -0.39 is 0 Å². The third-order valence-electron chi connectivity index (χ3n) is 5.39. The van der Waals surface area contributed by atoms with Crippen molar-refractivity contribution in [2.24, 2.45) is 0 Å². The number of hydrogen-bond donors (Lipinski definition) is 0. The normalized spacial score (nSPS) is 14.0. The first-order valence-corrected chi connectivity index (χ1v) is 9.72. The highest BCUT2D eigenvalue weighted by atomic mass is 16.2. The van der Waals surface area contributed by atoms with Crippen molar-refractivity contribution in [1.29, 1.82) is 0 Å². The highest BCUT2D eigenvalue weighted by Crippen LogP contribution is 2.17. The molecule has 1 amide bonds. The smallest absolute Gasteiger partial charge is 0.269 e. The first kappa shape index (κ1) is 18.3. The van der Waals surface area contributed by atoms with Gasteiger partial charge in [0.05, 0.1) is 11.9 Å². The summed E-state index contributed by atoms with van der Waals surface area (Å²) in [6, 6.07) is 11.8. The van der Waals surface area contributed by atoms with Gasteiger partial charge in [0.25, 0.3) is 5.56 Å². The summed E-state index contributed by atoms with van der Waals surface area (Å²) in [4.78, 5) is 28.7. The fraction of sp³-hybridized carbons (Fsp3) is 0.381. The van der Waals surface area contributed by atoms with Crippen LogP contribution in [0.2, 0.25) is 0 Å². The molecule has 1 saturated heterocycles. The number of nitrogens with zero attached hydrogens (tertiary/aromatic N) is 5. The Kier molecular flexibility index (Phi) is 5.14. The van der Waals surface area contributed by atoms with E-state index in [9.17, 15) is 9.59 Å². The number of anilines is 1. The summed E-state index contributed by atoms with van der Waals surface area (Å²) in [7, 11) is 1.76. The third-order valence-corrected chi connectivity index (χ3v) is 5.39. The van der Waals surface area contributed by atoms with E-state index in [1.807, 2.05) is 18.3 Å². The number of amides is 1. The van der Waals surface area contributed by atoms with E-state index in [0.717, 1.165) is 37.1 Å². The Balaban J connectivity index is 1.37. The largest absolute Gasteiger partial charge is 0.370 e. The highest BCUT2D eigenvalue weighted by molar-refractivity contribution is 5.80. The summed E-state index contributed by atoms with van der Waals surface area (Å²) in [5.41, 5.74) is 1.76. The Bertz CT molecular complexity index is 1030. The van der Waals surface area contributed by atoms with Crippen molar-refractivity contribution in [3.8, 4) is 0 Å². The lowest BCUT2D eigenvalue weighted by Crippen LogP contribution is -2.36. The molecule has 1 fully saturated rings. The zero-order chi connectivity index (χ0) is 19.5. The topological polar surface area (TPSA) is 63.4 Å². The zero-order valence-electron chi connectivity index (χ0n) is 16.1. The highest BCUT2D eigenvalue weighted by Gasteiger charge is 2.16. The van der Waals surface area contributed by atoms with Crippen molar-refractivity contribution in [2.75, 3.05) is 31.6 Å². The van der Waals surface area contributed by atoms with E-state index in [1.165, 1.54) is 10.1 Å². The van der Waals surface area contributed by atoms with Crippen molar-refractivity contribution in [3.05, 3.63) is 59.1 Å². The molecule has 28 heavy (non-hydrogen) atoms. The first-order valence-electron chi connectivity index (χ1n) is 9.72. The van der Waals surface area contributed by atoms with E-state index in [-0.39, 0.29) is 18.0 Å². The average Bonchev–Trinajstić information content (AvgIpc) is 3.37. The minimum atomic E-state index is -0.234. The summed E-state index contributed by atoms with van der Waals surface area (Å²) in [6.07, 6.45) is 6.00. The van der Waals surface area contributed by atoms with Crippen LogP contribution in [0.4, 0.5) is 5.69 Å². The van der Waals surface area contributed by atoms with Crippen LogP contribution in [0.15, 0.2) is 53.6 Å². The lowest BCUT2D eigenvalue weighted by atomic mass is 10.2. The van der Waals surface area contributed by atoms with Crippen LogP contribution in [0.25, 0.3) is 10.9 Å². The average molecular weight is 379 g/mol. The van der Waals surface area contributed by atoms with Crippen LogP contribution in [-0.4, -0.2) is 51.8 Å². The molecule has 1 aromatic carbocycles. The molecule has 0 atom stereocenters. The fourth-order valence-electron chi connectivity index (χ4n) is 3.66. The predicted octanol–water partition coefficient (Wildman–Crippen LogP) is 1.96. The van der Waals surface area contributed by atoms with E-state index in [4.69, 9.17) is 0 Å². The predicted molar refractivity (Wildman–Crippen MR) is 110 cm³/mol. The van der Waals surface area contributed by atoms with Crippen LogP contribution in [-0.2, 0) is 17.9 Å². The van der Waals surface area contributed by atoms with Crippen LogP contribution < -0.4 is 10.5 Å². The van der Waals surface area contributed by atoms with Gasteiger partial charge in [-0.25, -0.2) is 4.68 Å². The molecule has 7 nitrogen and oxygen atoms in total. The van der Waals surface area contributed by atoms with Gasteiger partial charge in [0, 0.05) is 51.0 Å². The second kappa shape index (κ2) is 7.88. The van der Waals surface area contributed by atoms with Crippen molar-refractivity contribution < 1.29 is 4.79 Å². The van der Waals surface area contributed by atoms with Gasteiger partial charge in [-0.3, -0.25) is 9.59 Å². The molecule has 0 N–H and O–H groups in total. The van der Waals surface area contributed by atoms with Gasteiger partial charge in [-0.15, -0.1) is 0 Å². The summed E-state index contributed by atoms with van der Waals surface area (Å²) >= 11 is 0. The minimum Gasteiger partial charge on any atom is -0.370 e. The van der Waals surface area contributed by atoms with Gasteiger partial charge in [0.2, 0.25) is 5.91 Å². The lowest BCUT2D eigenvalue weighted by molar-refractivity contribution is -0.130. The molecule has 1 aliphatic heterocycles. The number of carbonyl (C=O) groups excluding carboxylic acids is 1. The van der Waals surface area contributed by atoms with Gasteiger partial charge < -0.3 is 14.4 Å². The molecule has 0 saturated carbocycles. The van der Waals surface area contributed by atoms with E-state index in [0.29, 0.717) is 13.1 Å². The monoisotopic (exact) mass is 379 g/mol. The molecular formula is C21H25N5O2. The number of benzene rings is 1. The van der Waals surface area contributed by atoms with E-state index in [1.54, 1.807) is 24.2 Å². The second-order valence-corrected chi connectivity index (χ2v) is 7.29. The molecule has 0 radical (unpaired) electrons. The molecule has 1 aliphatic rings. The Morgan fingerprint density at radius 1 is 1.18 bits per heavy atom. The molecule has 0 spiro atoms. The minimum absolute atomic E-state index is 0.0396. The first-order chi connectivity index (χ1) is 13.6. The second-order valence-electron chi connectivity index (χ2n) is 7.29. The summed E-state index contributed by atoms with van der Waals surface area (Å²) < 4.78 is 3.37. The molecule has 4 rings (SSSR count). The number of likely N-dealkylation sites (N-methyl/N-ethyl adjacent to an activating group) is 1. The van der Waals surface area contributed by atoms with Crippen molar-refractivity contribution in [2.45, 2.75) is 25.9 Å². The van der Waals surface area contributed by atoms with Gasteiger partial charge in [-0.2, -0.15) is 5.10 Å². The van der Waals surface area contributed by atoms with Gasteiger partial charge in [-0.1, -0.05) is 18.2 Å². The van der Waals surface area contributed by atoms with Crippen LogP contribution >= 0.6 is 0 Å². The van der Waals surface area contributed by atoms with Gasteiger partial charge >= 0.3 is 0 Å². The molecule has 0 aliphatic carbocycles. The Hall–Kier alpha value is -3.09. The summed E-state index contributed by atoms with van der Waals surface area (Å²) in [6.45, 7) is 3.15. The Morgan fingerprint density at radius 2 is 1.96 bits per heavy atom. The SMILES string of the molecule is CN(CCn1ccc2ccccc21)C(=O)Cn1ncc(N2CCCC2)cc1=O. The fourth-order valence-corrected chi connectivity index (χ4v) is 3.66. The van der Waals surface area contributed by atoms with Crippen molar-refractivity contribution >= 4 is 22.5 Å². The molecule has 2 aromatic heterocycles. The number of carbonyl (C=O) groups is 1. The molecule has 146 valence electrons. The maximum Gasteiger partial charge on any atom is 0.269 e. The maximum absolute atomic E-state index is 12.5. The number of hydrogen-bond acceptors (Lipinski definition) is 4. The number of fused-ring (bicyclic) bond motifs is 1. The Morgan fingerprint density at radius 3 is 2.75 bits per heavy atom. The van der Waals surface area contributed by atoms with E-state index >= 15 is 0 Å². The lowest BCUT2D eigenvalue weighted by Gasteiger charge is -2.19. The molecular weight excluding hydrogens is 354 g/mol. The third kappa shape index (κ3) is 3.78. The maximum atomic E-state index is 12.5. The van der Waals surface area contributed by atoms with Crippen LogP contribution in [0.5, 0.6) is 0 Å². The van der Waals surface area contributed by atoms with Gasteiger partial charge in [0.1, 0.15) is 6.54 Å². The van der Waals surface area contributed by atoms with Crippen molar-refractivity contribution in [1.82, 2.24) is 19.2 Å². The molecule has 7 heteroatoms. The molecule has 3 heterocycles. The van der Waals surface area contributed by atoms with Crippen LogP contribution in [0.1, 0.15) is 12.8 Å². The Labute approximate surface area is 163 Å². The molecule has 0 bridgehead atoms. The summed E-state index contributed by atoms with van der Waals surface area (Å²) in [5.74, 6) is -0.125. The number of aromatic nitrogens is 3. The quantitative estimate of drug-likeness (QED) is 0.657. The molecule has 3 aromatic rings. The molecule has 0 unspecified atom stereocenters. The summed E-state index contributed by atoms with van der Waals surface area (Å²) in [5, 5.41) is 5.39. The van der Waals surface area contributed by atoms with Gasteiger partial charge in [-0.05, 0) is 30.4 Å². The van der Waals surface area contributed by atoms with Crippen LogP contribution in [0, 0.1) is 0 Å². The van der Waals surface area contributed by atoms with Crippen molar-refractivity contribution in [3.63, 3.8) is 0 Å². The van der Waals surface area contributed by atoms with Gasteiger partial charge in [0.15, 0.2) is 0 Å². The zero-order valence-corrected chi connectivity index (χ0v) is 16.1.